The summed E-state index contributed by atoms with van der Waals surface area (Å²) >= 11 is 9.02. The van der Waals surface area contributed by atoms with Crippen LogP contribution in [0.2, 0.25) is 0 Å². The molecule has 0 amide bonds. The zero-order valence-electron chi connectivity index (χ0n) is 6.96. The molecule has 1 N–H and O–H groups in total. The summed E-state index contributed by atoms with van der Waals surface area (Å²) in [5, 5.41) is 0. The fraction of sp³-hybridized carbons (Fsp3) is 0.125. The summed E-state index contributed by atoms with van der Waals surface area (Å²) in [6.45, 7) is 0. The van der Waals surface area contributed by atoms with Crippen molar-refractivity contribution in [1.82, 2.24) is 9.97 Å². The molecule has 0 aliphatic heterocycles. The van der Waals surface area contributed by atoms with Crippen molar-refractivity contribution < 1.29 is 0 Å². The number of halogens is 4. The summed E-state index contributed by atoms with van der Waals surface area (Å²) in [6.07, 6.45) is 0. The topological polar surface area (TPSA) is 28.7 Å². The molecule has 2 rings (SSSR count). The van der Waals surface area contributed by atoms with Crippen LogP contribution in [-0.4, -0.2) is 9.97 Å². The Labute approximate surface area is 107 Å². The highest BCUT2D eigenvalue weighted by Gasteiger charge is 2.00. The predicted octanol–water partition coefficient (Wildman–Crippen LogP) is 3.91. The molecule has 0 aliphatic carbocycles. The molecule has 1 aromatic heterocycles. The smallest absolute Gasteiger partial charge is 0.122 e. The molecule has 0 aliphatic rings. The number of fused-ring (bicyclic) bond motifs is 1. The number of alkyl halides is 1. The van der Waals surface area contributed by atoms with E-state index in [9.17, 15) is 0 Å². The first-order valence-corrected chi connectivity index (χ1v) is 4.82. The molecule has 0 saturated heterocycles. The second-order valence-corrected chi connectivity index (χ2v) is 3.66. The number of hydrogen-bond acceptors (Lipinski definition) is 1. The molecule has 2 aromatic rings. The van der Waals surface area contributed by atoms with E-state index in [4.69, 9.17) is 11.6 Å². The third kappa shape index (κ3) is 2.76. The van der Waals surface area contributed by atoms with Gasteiger partial charge in [-0.1, -0.05) is 15.9 Å². The number of H-pyrrole nitrogens is 1. The number of rotatable bonds is 1. The van der Waals surface area contributed by atoms with Gasteiger partial charge in [0.1, 0.15) is 5.82 Å². The van der Waals surface area contributed by atoms with Crippen molar-refractivity contribution in [3.8, 4) is 0 Å². The van der Waals surface area contributed by atoms with Gasteiger partial charge in [-0.2, -0.15) is 0 Å². The van der Waals surface area contributed by atoms with Gasteiger partial charge in [-0.15, -0.1) is 36.4 Å². The van der Waals surface area contributed by atoms with Gasteiger partial charge in [0.2, 0.25) is 0 Å². The Morgan fingerprint density at radius 2 is 2.07 bits per heavy atom. The lowest BCUT2D eigenvalue weighted by molar-refractivity contribution is 1.13. The number of aromatic nitrogens is 2. The Bertz CT molecular complexity index is 416. The van der Waals surface area contributed by atoms with Crippen LogP contribution in [0.4, 0.5) is 0 Å². The van der Waals surface area contributed by atoms with Crippen molar-refractivity contribution in [2.75, 3.05) is 0 Å². The number of aromatic amines is 1. The van der Waals surface area contributed by atoms with Gasteiger partial charge in [0, 0.05) is 4.47 Å². The molecule has 78 valence electrons. The average Bonchev–Trinajstić information content (AvgIpc) is 2.46. The first-order chi connectivity index (χ1) is 5.79. The van der Waals surface area contributed by atoms with E-state index in [0.717, 1.165) is 21.3 Å². The van der Waals surface area contributed by atoms with E-state index >= 15 is 0 Å². The van der Waals surface area contributed by atoms with Crippen LogP contribution in [-0.2, 0) is 5.88 Å². The molecular formula is C8H8BrCl3N2. The molecule has 6 heteroatoms. The number of hydrogen-bond donors (Lipinski definition) is 1. The van der Waals surface area contributed by atoms with Crippen molar-refractivity contribution in [3.05, 3.63) is 28.5 Å². The first kappa shape index (κ1) is 14.0. The van der Waals surface area contributed by atoms with Crippen LogP contribution in [0.1, 0.15) is 5.82 Å². The summed E-state index contributed by atoms with van der Waals surface area (Å²) in [4.78, 5) is 7.38. The third-order valence-corrected chi connectivity index (χ3v) is 2.37. The second kappa shape index (κ2) is 5.81. The largest absolute Gasteiger partial charge is 0.341 e. The molecule has 0 fully saturated rings. The third-order valence-electron chi connectivity index (χ3n) is 1.62. The summed E-state index contributed by atoms with van der Waals surface area (Å²) < 4.78 is 1.04. The molecule has 0 bridgehead atoms. The highest BCUT2D eigenvalue weighted by atomic mass is 79.9. The van der Waals surface area contributed by atoms with Crippen molar-refractivity contribution in [2.45, 2.75) is 5.88 Å². The van der Waals surface area contributed by atoms with Crippen molar-refractivity contribution in [3.63, 3.8) is 0 Å². The fourth-order valence-corrected chi connectivity index (χ4v) is 1.59. The lowest BCUT2D eigenvalue weighted by Crippen LogP contribution is -1.76. The van der Waals surface area contributed by atoms with E-state index in [2.05, 4.69) is 25.9 Å². The number of imidazole rings is 1. The van der Waals surface area contributed by atoms with Gasteiger partial charge >= 0.3 is 0 Å². The maximum absolute atomic E-state index is 5.63. The molecule has 0 spiro atoms. The Kier molecular flexibility index (Phi) is 5.83. The monoisotopic (exact) mass is 316 g/mol. The van der Waals surface area contributed by atoms with Gasteiger partial charge in [0.05, 0.1) is 16.9 Å². The lowest BCUT2D eigenvalue weighted by atomic mass is 10.3. The summed E-state index contributed by atoms with van der Waals surface area (Å²) in [5.74, 6) is 1.23. The van der Waals surface area contributed by atoms with Gasteiger partial charge < -0.3 is 4.98 Å². The van der Waals surface area contributed by atoms with Gasteiger partial charge in [0.25, 0.3) is 0 Å². The minimum absolute atomic E-state index is 0. The molecule has 0 radical (unpaired) electrons. The van der Waals surface area contributed by atoms with E-state index in [1.54, 1.807) is 0 Å². The number of nitrogens with zero attached hydrogens (tertiary/aromatic N) is 1. The van der Waals surface area contributed by atoms with E-state index in [1.807, 2.05) is 18.2 Å². The SMILES string of the molecule is Cl.Cl.ClCc1nc2ccc(Br)cc2[nH]1. The van der Waals surface area contributed by atoms with Crippen LogP contribution in [0.15, 0.2) is 22.7 Å². The van der Waals surface area contributed by atoms with Crippen molar-refractivity contribution >= 4 is 63.4 Å². The molecule has 2 nitrogen and oxygen atoms in total. The molecular weight excluding hydrogens is 310 g/mol. The minimum Gasteiger partial charge on any atom is -0.341 e. The van der Waals surface area contributed by atoms with Gasteiger partial charge in [-0.3, -0.25) is 0 Å². The Hall–Kier alpha value is 0.0400. The number of nitrogens with one attached hydrogen (secondary N) is 1. The molecule has 14 heavy (non-hydrogen) atoms. The maximum Gasteiger partial charge on any atom is 0.122 e. The quantitative estimate of drug-likeness (QED) is 0.794. The average molecular weight is 318 g/mol. The van der Waals surface area contributed by atoms with Crippen LogP contribution in [0.25, 0.3) is 11.0 Å². The highest BCUT2D eigenvalue weighted by molar-refractivity contribution is 9.10. The number of benzene rings is 1. The molecule has 1 aromatic carbocycles. The van der Waals surface area contributed by atoms with Crippen LogP contribution in [0, 0.1) is 0 Å². The molecule has 0 saturated carbocycles. The van der Waals surface area contributed by atoms with Crippen molar-refractivity contribution in [2.24, 2.45) is 0 Å². The molecule has 1 heterocycles. The minimum atomic E-state index is 0. The summed E-state index contributed by atoms with van der Waals surface area (Å²) in [7, 11) is 0. The standard InChI is InChI=1S/C8H6BrClN2.2ClH/c9-5-1-2-6-7(3-5)12-8(4-10)11-6;;/h1-3H,4H2,(H,11,12);2*1H. The maximum atomic E-state index is 5.63. The molecule has 0 atom stereocenters. The predicted molar refractivity (Wildman–Crippen MR) is 67.8 cm³/mol. The van der Waals surface area contributed by atoms with Crippen LogP contribution in [0.3, 0.4) is 0 Å². The normalized spacial score (nSPS) is 9.29. The Morgan fingerprint density at radius 3 is 2.71 bits per heavy atom. The summed E-state index contributed by atoms with van der Waals surface area (Å²) in [5.41, 5.74) is 1.97. The first-order valence-electron chi connectivity index (χ1n) is 3.50. The van der Waals surface area contributed by atoms with E-state index in [0.29, 0.717) is 5.88 Å². The zero-order valence-corrected chi connectivity index (χ0v) is 10.9. The lowest BCUT2D eigenvalue weighted by Gasteiger charge is -1.87. The van der Waals surface area contributed by atoms with Crippen molar-refractivity contribution in [1.29, 1.82) is 0 Å². The Balaban J connectivity index is 0.000000845. The van der Waals surface area contributed by atoms with E-state index < -0.39 is 0 Å². The zero-order chi connectivity index (χ0) is 8.55. The van der Waals surface area contributed by atoms with Crippen LogP contribution < -0.4 is 0 Å². The van der Waals surface area contributed by atoms with Gasteiger partial charge in [0.15, 0.2) is 0 Å². The fourth-order valence-electron chi connectivity index (χ4n) is 1.10. The van der Waals surface area contributed by atoms with Crippen LogP contribution in [0.5, 0.6) is 0 Å². The van der Waals surface area contributed by atoms with E-state index in [-0.39, 0.29) is 24.8 Å². The Morgan fingerprint density at radius 1 is 1.36 bits per heavy atom. The molecule has 0 unspecified atom stereocenters. The van der Waals surface area contributed by atoms with Crippen LogP contribution >= 0.6 is 52.3 Å². The highest BCUT2D eigenvalue weighted by Crippen LogP contribution is 2.17. The van der Waals surface area contributed by atoms with Gasteiger partial charge in [-0.05, 0) is 18.2 Å². The second-order valence-electron chi connectivity index (χ2n) is 2.48. The van der Waals surface area contributed by atoms with Gasteiger partial charge in [-0.25, -0.2) is 4.98 Å². The van der Waals surface area contributed by atoms with E-state index in [1.165, 1.54) is 0 Å². The summed E-state index contributed by atoms with van der Waals surface area (Å²) in [6, 6.07) is 5.89.